The second-order valence-electron chi connectivity index (χ2n) is 4.90. The highest BCUT2D eigenvalue weighted by Crippen LogP contribution is 2.31. The van der Waals surface area contributed by atoms with Gasteiger partial charge >= 0.3 is 6.09 Å². The molecule has 5 heteroatoms. The summed E-state index contributed by atoms with van der Waals surface area (Å²) in [6.07, 6.45) is 0.481. The Hall–Kier alpha value is -1.62. The maximum atomic E-state index is 13.4. The first kappa shape index (κ1) is 11.5. The van der Waals surface area contributed by atoms with Gasteiger partial charge in [0, 0.05) is 13.1 Å². The first-order valence-electron chi connectivity index (χ1n) is 6.08. The van der Waals surface area contributed by atoms with Crippen LogP contribution in [0.2, 0.25) is 0 Å². The smallest absolute Gasteiger partial charge is 0.414 e. The fourth-order valence-corrected chi connectivity index (χ4v) is 2.60. The molecule has 1 amide bonds. The standard InChI is InChI=1S/C13H15FN2O2/c1-15-5-4-11-8-18-13(17)16(11)12-6-10(14)3-2-9(12)7-15/h2-3,6,11H,4-5,7-8H2,1H3/t11-/m0/s1. The van der Waals surface area contributed by atoms with Crippen molar-refractivity contribution >= 4 is 11.8 Å². The molecule has 0 aromatic heterocycles. The molecule has 0 N–H and O–H groups in total. The summed E-state index contributed by atoms with van der Waals surface area (Å²) < 4.78 is 18.5. The number of halogens is 1. The van der Waals surface area contributed by atoms with Crippen LogP contribution >= 0.6 is 0 Å². The average Bonchev–Trinajstić information content (AvgIpc) is 2.68. The topological polar surface area (TPSA) is 32.8 Å². The molecule has 0 bridgehead atoms. The summed E-state index contributed by atoms with van der Waals surface area (Å²) in [7, 11) is 2.03. The van der Waals surface area contributed by atoms with Crippen molar-refractivity contribution in [1.29, 1.82) is 0 Å². The average molecular weight is 250 g/mol. The highest BCUT2D eigenvalue weighted by molar-refractivity contribution is 5.91. The van der Waals surface area contributed by atoms with Crippen LogP contribution < -0.4 is 4.90 Å². The van der Waals surface area contributed by atoms with Crippen LogP contribution in [0, 0.1) is 5.82 Å². The van der Waals surface area contributed by atoms with Crippen molar-refractivity contribution in [2.45, 2.75) is 19.0 Å². The van der Waals surface area contributed by atoms with Gasteiger partial charge in [0.1, 0.15) is 12.4 Å². The molecule has 0 radical (unpaired) electrons. The number of anilines is 1. The van der Waals surface area contributed by atoms with Gasteiger partial charge in [0.25, 0.3) is 0 Å². The van der Waals surface area contributed by atoms with Gasteiger partial charge < -0.3 is 9.64 Å². The molecule has 1 saturated heterocycles. The Bertz CT molecular complexity index is 492. The van der Waals surface area contributed by atoms with Crippen LogP contribution in [0.1, 0.15) is 12.0 Å². The van der Waals surface area contributed by atoms with E-state index in [4.69, 9.17) is 4.74 Å². The largest absolute Gasteiger partial charge is 0.447 e. The summed E-state index contributed by atoms with van der Waals surface area (Å²) in [6, 6.07) is 4.62. The van der Waals surface area contributed by atoms with Crippen LogP contribution in [0.4, 0.5) is 14.9 Å². The lowest BCUT2D eigenvalue weighted by Crippen LogP contribution is -2.39. The second-order valence-corrected chi connectivity index (χ2v) is 4.90. The Morgan fingerprint density at radius 2 is 2.28 bits per heavy atom. The molecule has 1 atom stereocenters. The molecular weight excluding hydrogens is 235 g/mol. The SMILES string of the molecule is CN1CC[C@H]2COC(=O)N2c2cc(F)ccc2C1. The molecular formula is C13H15FN2O2. The van der Waals surface area contributed by atoms with Gasteiger partial charge in [-0.15, -0.1) is 0 Å². The summed E-state index contributed by atoms with van der Waals surface area (Å²) in [6.45, 7) is 2.00. The van der Waals surface area contributed by atoms with Gasteiger partial charge in [0.2, 0.25) is 0 Å². The molecule has 1 fully saturated rings. The summed E-state index contributed by atoms with van der Waals surface area (Å²) in [5.41, 5.74) is 1.61. The third kappa shape index (κ3) is 1.84. The molecule has 1 aromatic rings. The van der Waals surface area contributed by atoms with Gasteiger partial charge in [-0.05, 0) is 31.2 Å². The molecule has 0 spiro atoms. The van der Waals surface area contributed by atoms with E-state index < -0.39 is 0 Å². The molecule has 0 unspecified atom stereocenters. The van der Waals surface area contributed by atoms with Crippen LogP contribution in [0.5, 0.6) is 0 Å². The van der Waals surface area contributed by atoms with Crippen LogP contribution in [-0.4, -0.2) is 37.2 Å². The lowest BCUT2D eigenvalue weighted by Gasteiger charge is -2.30. The number of amides is 1. The zero-order valence-electron chi connectivity index (χ0n) is 10.2. The number of hydrogen-bond acceptors (Lipinski definition) is 3. The number of carbonyl (C=O) groups is 1. The fraction of sp³-hybridized carbons (Fsp3) is 0.462. The summed E-state index contributed by atoms with van der Waals surface area (Å²) in [5, 5.41) is 0. The lowest BCUT2D eigenvalue weighted by molar-refractivity contribution is 0.178. The van der Waals surface area contributed by atoms with Gasteiger partial charge in [-0.1, -0.05) is 6.07 Å². The van der Waals surface area contributed by atoms with Crippen molar-refractivity contribution in [3.63, 3.8) is 0 Å². The van der Waals surface area contributed by atoms with E-state index >= 15 is 0 Å². The zero-order valence-corrected chi connectivity index (χ0v) is 10.2. The van der Waals surface area contributed by atoms with E-state index in [0.29, 0.717) is 18.8 Å². The van der Waals surface area contributed by atoms with Crippen molar-refractivity contribution in [2.75, 3.05) is 25.1 Å². The molecule has 2 aliphatic rings. The Labute approximate surface area is 105 Å². The van der Waals surface area contributed by atoms with Gasteiger partial charge in [-0.25, -0.2) is 9.18 Å². The van der Waals surface area contributed by atoms with Gasteiger partial charge in [0.05, 0.1) is 11.7 Å². The van der Waals surface area contributed by atoms with Gasteiger partial charge in [-0.2, -0.15) is 0 Å². The number of benzene rings is 1. The summed E-state index contributed by atoms with van der Waals surface area (Å²) in [5.74, 6) is -0.324. The van der Waals surface area contributed by atoms with E-state index in [2.05, 4.69) is 4.90 Å². The number of ether oxygens (including phenoxy) is 1. The van der Waals surface area contributed by atoms with Crippen LogP contribution in [-0.2, 0) is 11.3 Å². The molecule has 4 nitrogen and oxygen atoms in total. The third-order valence-corrected chi connectivity index (χ3v) is 3.55. The summed E-state index contributed by atoms with van der Waals surface area (Å²) in [4.78, 5) is 15.6. The number of hydrogen-bond donors (Lipinski definition) is 0. The van der Waals surface area contributed by atoms with Crippen molar-refractivity contribution in [3.05, 3.63) is 29.6 Å². The van der Waals surface area contributed by atoms with E-state index in [1.165, 1.54) is 12.1 Å². The molecule has 3 rings (SSSR count). The minimum atomic E-state index is -0.364. The fourth-order valence-electron chi connectivity index (χ4n) is 2.60. The van der Waals surface area contributed by atoms with Crippen molar-refractivity contribution < 1.29 is 13.9 Å². The van der Waals surface area contributed by atoms with Gasteiger partial charge in [-0.3, -0.25) is 4.90 Å². The normalized spacial score (nSPS) is 24.0. The highest BCUT2D eigenvalue weighted by Gasteiger charge is 2.36. The molecule has 1 aromatic carbocycles. The zero-order chi connectivity index (χ0) is 12.7. The maximum Gasteiger partial charge on any atom is 0.414 e. The van der Waals surface area contributed by atoms with Crippen LogP contribution in [0.25, 0.3) is 0 Å². The summed E-state index contributed by atoms with van der Waals surface area (Å²) >= 11 is 0. The number of rotatable bonds is 0. The molecule has 96 valence electrons. The van der Waals surface area contributed by atoms with Gasteiger partial charge in [0.15, 0.2) is 0 Å². The molecule has 0 saturated carbocycles. The maximum absolute atomic E-state index is 13.4. The first-order valence-corrected chi connectivity index (χ1v) is 6.08. The van der Waals surface area contributed by atoms with E-state index in [9.17, 15) is 9.18 Å². The van der Waals surface area contributed by atoms with Crippen molar-refractivity contribution in [1.82, 2.24) is 4.90 Å². The highest BCUT2D eigenvalue weighted by atomic mass is 19.1. The molecule has 2 aliphatic heterocycles. The number of fused-ring (bicyclic) bond motifs is 3. The lowest BCUT2D eigenvalue weighted by atomic mass is 10.1. The molecule has 0 aliphatic carbocycles. The van der Waals surface area contributed by atoms with E-state index in [0.717, 1.165) is 18.5 Å². The molecule has 2 heterocycles. The van der Waals surface area contributed by atoms with Crippen molar-refractivity contribution in [3.8, 4) is 0 Å². The number of cyclic esters (lactones) is 1. The van der Waals surface area contributed by atoms with E-state index in [-0.39, 0.29) is 18.0 Å². The van der Waals surface area contributed by atoms with E-state index in [1.807, 2.05) is 7.05 Å². The number of carbonyl (C=O) groups excluding carboxylic acids is 1. The predicted molar refractivity (Wildman–Crippen MR) is 65.0 cm³/mol. The van der Waals surface area contributed by atoms with E-state index in [1.54, 1.807) is 11.0 Å². The monoisotopic (exact) mass is 250 g/mol. The Morgan fingerprint density at radius 1 is 1.44 bits per heavy atom. The Kier molecular flexibility index (Phi) is 2.70. The molecule has 18 heavy (non-hydrogen) atoms. The minimum absolute atomic E-state index is 0.0146. The Balaban J connectivity index is 2.09. The van der Waals surface area contributed by atoms with Crippen LogP contribution in [0.15, 0.2) is 18.2 Å². The predicted octanol–water partition coefficient (Wildman–Crippen LogP) is 1.99. The Morgan fingerprint density at radius 3 is 3.11 bits per heavy atom. The quantitative estimate of drug-likeness (QED) is 0.706. The minimum Gasteiger partial charge on any atom is -0.447 e. The van der Waals surface area contributed by atoms with Crippen molar-refractivity contribution in [2.24, 2.45) is 0 Å². The first-order chi connectivity index (χ1) is 8.65. The number of nitrogens with zero attached hydrogens (tertiary/aromatic N) is 2. The third-order valence-electron chi connectivity index (χ3n) is 3.55. The second kappa shape index (κ2) is 4.24. The van der Waals surface area contributed by atoms with Crippen LogP contribution in [0.3, 0.4) is 0 Å².